The van der Waals surface area contributed by atoms with Crippen LogP contribution < -0.4 is 24.4 Å². The molecule has 154 valence electrons. The summed E-state index contributed by atoms with van der Waals surface area (Å²) < 4.78 is 27.8. The van der Waals surface area contributed by atoms with E-state index in [1.807, 2.05) is 27.7 Å². The van der Waals surface area contributed by atoms with Gasteiger partial charge in [-0.05, 0) is 52.0 Å². The Labute approximate surface area is 168 Å². The van der Waals surface area contributed by atoms with Crippen molar-refractivity contribution in [3.8, 4) is 34.7 Å². The maximum atomic E-state index is 12.6. The molecule has 1 aromatic heterocycles. The number of fused-ring (bicyclic) bond motifs is 1. The number of benzene rings is 2. The number of phenols is 1. The predicted molar refractivity (Wildman–Crippen MR) is 109 cm³/mol. The first-order chi connectivity index (χ1) is 13.8. The van der Waals surface area contributed by atoms with E-state index in [0.717, 1.165) is 0 Å². The van der Waals surface area contributed by atoms with Gasteiger partial charge in [0, 0.05) is 6.07 Å². The lowest BCUT2D eigenvalue weighted by molar-refractivity contribution is 0.227. The molecule has 0 saturated carbocycles. The second-order valence-corrected chi connectivity index (χ2v) is 6.97. The van der Waals surface area contributed by atoms with Crippen LogP contribution in [0.15, 0.2) is 45.6 Å². The number of hydrogen-bond acceptors (Lipinski definition) is 7. The van der Waals surface area contributed by atoms with Crippen molar-refractivity contribution in [2.24, 2.45) is 0 Å². The van der Waals surface area contributed by atoms with Gasteiger partial charge in [-0.1, -0.05) is 0 Å². The fourth-order valence-electron chi connectivity index (χ4n) is 2.80. The Balaban J connectivity index is 1.99. The third-order valence-electron chi connectivity index (χ3n) is 3.87. The van der Waals surface area contributed by atoms with E-state index in [1.54, 1.807) is 24.3 Å². The first-order valence-electron chi connectivity index (χ1n) is 9.27. The van der Waals surface area contributed by atoms with Crippen LogP contribution in [0.2, 0.25) is 0 Å². The maximum Gasteiger partial charge on any atom is 0.294 e. The predicted octanol–water partition coefficient (Wildman–Crippen LogP) is 4.87. The van der Waals surface area contributed by atoms with Gasteiger partial charge in [0.15, 0.2) is 11.5 Å². The van der Waals surface area contributed by atoms with Crippen molar-refractivity contribution in [3.05, 3.63) is 46.6 Å². The molecule has 2 aromatic carbocycles. The van der Waals surface area contributed by atoms with Gasteiger partial charge in [0.2, 0.25) is 11.2 Å². The largest absolute Gasteiger partial charge is 0.504 e. The standard InChI is InChI=1S/C22H24O7/c1-12(2)26-14-6-8-15(9-7-14)28-19-10-16(23)20-17(29-19)11-18(27-13(3)4)22(25-5)21(20)24/h6-13,24H,1-5H3. The number of phenolic OH excluding ortho intramolecular Hbond substituents is 1. The molecule has 0 spiro atoms. The third kappa shape index (κ3) is 4.56. The highest BCUT2D eigenvalue weighted by molar-refractivity contribution is 5.88. The van der Waals surface area contributed by atoms with Crippen molar-refractivity contribution in [2.75, 3.05) is 7.11 Å². The van der Waals surface area contributed by atoms with E-state index in [0.29, 0.717) is 11.5 Å². The molecule has 0 unspecified atom stereocenters. The molecule has 0 fully saturated rings. The van der Waals surface area contributed by atoms with E-state index in [2.05, 4.69) is 0 Å². The molecule has 0 atom stereocenters. The summed E-state index contributed by atoms with van der Waals surface area (Å²) in [5.41, 5.74) is -0.339. The second kappa shape index (κ2) is 8.34. The molecule has 0 aliphatic rings. The second-order valence-electron chi connectivity index (χ2n) is 6.97. The fraction of sp³-hybridized carbons (Fsp3) is 0.318. The Morgan fingerprint density at radius 3 is 2.14 bits per heavy atom. The highest BCUT2D eigenvalue weighted by Crippen LogP contribution is 2.42. The maximum absolute atomic E-state index is 12.6. The Morgan fingerprint density at radius 2 is 1.55 bits per heavy atom. The summed E-state index contributed by atoms with van der Waals surface area (Å²) in [4.78, 5) is 12.6. The van der Waals surface area contributed by atoms with Crippen molar-refractivity contribution in [1.82, 2.24) is 0 Å². The summed E-state index contributed by atoms with van der Waals surface area (Å²) in [5, 5.41) is 10.5. The fourth-order valence-corrected chi connectivity index (χ4v) is 2.80. The third-order valence-corrected chi connectivity index (χ3v) is 3.87. The van der Waals surface area contributed by atoms with Crippen LogP contribution in [0.25, 0.3) is 11.0 Å². The molecule has 0 amide bonds. The quantitative estimate of drug-likeness (QED) is 0.605. The van der Waals surface area contributed by atoms with E-state index >= 15 is 0 Å². The van der Waals surface area contributed by atoms with Crippen molar-refractivity contribution < 1.29 is 28.5 Å². The minimum absolute atomic E-state index is 0.00834. The SMILES string of the molecule is COc1c(OC(C)C)cc2oc(Oc3ccc(OC(C)C)cc3)cc(=O)c2c1O. The smallest absolute Gasteiger partial charge is 0.294 e. The zero-order chi connectivity index (χ0) is 21.1. The Hall–Kier alpha value is -3.35. The van der Waals surface area contributed by atoms with Gasteiger partial charge in [0.05, 0.1) is 25.4 Å². The number of aromatic hydroxyl groups is 1. The van der Waals surface area contributed by atoms with Gasteiger partial charge >= 0.3 is 0 Å². The molecule has 0 bridgehead atoms. The molecule has 3 aromatic rings. The van der Waals surface area contributed by atoms with E-state index < -0.39 is 5.43 Å². The van der Waals surface area contributed by atoms with E-state index in [4.69, 9.17) is 23.4 Å². The van der Waals surface area contributed by atoms with Crippen molar-refractivity contribution in [1.29, 1.82) is 0 Å². The Kier molecular flexibility index (Phi) is 5.87. The average Bonchev–Trinajstić information content (AvgIpc) is 2.62. The summed E-state index contributed by atoms with van der Waals surface area (Å²) in [7, 11) is 1.39. The topological polar surface area (TPSA) is 87.4 Å². The lowest BCUT2D eigenvalue weighted by atomic mass is 10.2. The monoisotopic (exact) mass is 400 g/mol. The summed E-state index contributed by atoms with van der Waals surface area (Å²) in [5.74, 6) is 1.17. The van der Waals surface area contributed by atoms with Crippen LogP contribution in [0.4, 0.5) is 0 Å². The van der Waals surface area contributed by atoms with Gasteiger partial charge in [0.25, 0.3) is 5.95 Å². The molecular formula is C22H24O7. The molecule has 0 saturated heterocycles. The van der Waals surface area contributed by atoms with Crippen LogP contribution in [0.5, 0.6) is 34.7 Å². The minimum atomic E-state index is -0.465. The molecular weight excluding hydrogens is 376 g/mol. The molecule has 1 heterocycles. The van der Waals surface area contributed by atoms with Crippen LogP contribution in [0.1, 0.15) is 27.7 Å². The molecule has 1 N–H and O–H groups in total. The molecule has 3 rings (SSSR count). The van der Waals surface area contributed by atoms with Crippen LogP contribution in [0.3, 0.4) is 0 Å². The van der Waals surface area contributed by atoms with Gasteiger partial charge in [-0.3, -0.25) is 4.79 Å². The lowest BCUT2D eigenvalue weighted by Gasteiger charge is -2.15. The number of ether oxygens (including phenoxy) is 4. The Bertz CT molecular complexity index is 1050. The van der Waals surface area contributed by atoms with Crippen molar-refractivity contribution in [3.63, 3.8) is 0 Å². The van der Waals surface area contributed by atoms with E-state index in [1.165, 1.54) is 19.2 Å². The number of methoxy groups -OCH3 is 1. The zero-order valence-electron chi connectivity index (χ0n) is 17.0. The first kappa shape index (κ1) is 20.4. The van der Waals surface area contributed by atoms with Gasteiger partial charge in [0.1, 0.15) is 22.5 Å². The lowest BCUT2D eigenvalue weighted by Crippen LogP contribution is -2.08. The highest BCUT2D eigenvalue weighted by Gasteiger charge is 2.20. The van der Waals surface area contributed by atoms with E-state index in [9.17, 15) is 9.90 Å². The van der Waals surface area contributed by atoms with Crippen LogP contribution in [-0.4, -0.2) is 24.4 Å². The Morgan fingerprint density at radius 1 is 0.931 bits per heavy atom. The van der Waals surface area contributed by atoms with Gasteiger partial charge < -0.3 is 28.5 Å². The molecule has 0 aliphatic carbocycles. The molecule has 0 radical (unpaired) electrons. The van der Waals surface area contributed by atoms with Crippen molar-refractivity contribution >= 4 is 11.0 Å². The van der Waals surface area contributed by atoms with Crippen molar-refractivity contribution in [2.45, 2.75) is 39.9 Å². The first-order valence-corrected chi connectivity index (χ1v) is 9.27. The average molecular weight is 400 g/mol. The van der Waals surface area contributed by atoms with Gasteiger partial charge in [-0.15, -0.1) is 0 Å². The molecule has 7 nitrogen and oxygen atoms in total. The summed E-state index contributed by atoms with van der Waals surface area (Å²) >= 11 is 0. The van der Waals surface area contributed by atoms with Gasteiger partial charge in [-0.2, -0.15) is 0 Å². The normalized spacial score (nSPS) is 11.1. The number of hydrogen-bond donors (Lipinski definition) is 1. The minimum Gasteiger partial charge on any atom is -0.504 e. The van der Waals surface area contributed by atoms with Crippen LogP contribution in [0, 0.1) is 0 Å². The highest BCUT2D eigenvalue weighted by atomic mass is 16.6. The molecule has 7 heteroatoms. The summed E-state index contributed by atoms with van der Waals surface area (Å²) in [6.45, 7) is 7.55. The van der Waals surface area contributed by atoms with Crippen LogP contribution in [-0.2, 0) is 0 Å². The number of rotatable bonds is 7. The molecule has 29 heavy (non-hydrogen) atoms. The van der Waals surface area contributed by atoms with E-state index in [-0.39, 0.29) is 46.4 Å². The zero-order valence-corrected chi connectivity index (χ0v) is 17.0. The van der Waals surface area contributed by atoms with Gasteiger partial charge in [-0.25, -0.2) is 0 Å². The summed E-state index contributed by atoms with van der Waals surface area (Å²) in [6.07, 6.45) is -0.106. The van der Waals surface area contributed by atoms with Crippen LogP contribution >= 0.6 is 0 Å². The summed E-state index contributed by atoms with van der Waals surface area (Å²) in [6, 6.07) is 9.62. The molecule has 0 aliphatic heterocycles.